The van der Waals surface area contributed by atoms with E-state index in [1.165, 1.54) is 19.3 Å². The van der Waals surface area contributed by atoms with Crippen LogP contribution in [0.4, 0.5) is 5.69 Å². The Balaban J connectivity index is 1.64. The molecule has 90 valence electrons. The summed E-state index contributed by atoms with van der Waals surface area (Å²) in [7, 11) is 0. The highest BCUT2D eigenvalue weighted by Crippen LogP contribution is 2.57. The van der Waals surface area contributed by atoms with Crippen molar-refractivity contribution in [1.29, 1.82) is 0 Å². The van der Waals surface area contributed by atoms with E-state index in [0.717, 1.165) is 11.3 Å². The van der Waals surface area contributed by atoms with Crippen molar-refractivity contribution in [3.63, 3.8) is 0 Å². The number of hydrogen-bond acceptors (Lipinski definition) is 2. The van der Waals surface area contributed by atoms with Gasteiger partial charge in [0, 0.05) is 18.2 Å². The molecule has 3 N–H and O–H groups in total. The molecular formula is C14H18N2O. The molecule has 3 heteroatoms. The molecule has 2 fully saturated rings. The molecule has 2 saturated carbocycles. The largest absolute Gasteiger partial charge is 0.326 e. The highest BCUT2D eigenvalue weighted by Gasteiger charge is 2.56. The lowest BCUT2D eigenvalue weighted by Crippen LogP contribution is -2.16. The third-order valence-corrected chi connectivity index (χ3v) is 4.14. The summed E-state index contributed by atoms with van der Waals surface area (Å²) in [5.41, 5.74) is 7.52. The maximum Gasteiger partial charge on any atom is 0.228 e. The molecule has 0 bridgehead atoms. The average molecular weight is 230 g/mol. The van der Waals surface area contributed by atoms with Crippen LogP contribution >= 0.6 is 0 Å². The predicted molar refractivity (Wildman–Crippen MR) is 67.3 cm³/mol. The van der Waals surface area contributed by atoms with Crippen LogP contribution in [0.15, 0.2) is 24.3 Å². The Bertz CT molecular complexity index is 434. The maximum absolute atomic E-state index is 12.0. The fraction of sp³-hybridized carbons (Fsp3) is 0.500. The molecule has 1 aromatic carbocycles. The van der Waals surface area contributed by atoms with Crippen LogP contribution < -0.4 is 11.1 Å². The summed E-state index contributed by atoms with van der Waals surface area (Å²) >= 11 is 0. The van der Waals surface area contributed by atoms with Crippen LogP contribution in [0.5, 0.6) is 0 Å². The zero-order chi connectivity index (χ0) is 11.8. The Morgan fingerprint density at radius 2 is 2.12 bits per heavy atom. The van der Waals surface area contributed by atoms with Crippen LogP contribution in [-0.4, -0.2) is 5.91 Å². The van der Waals surface area contributed by atoms with Crippen molar-refractivity contribution in [1.82, 2.24) is 0 Å². The van der Waals surface area contributed by atoms with Gasteiger partial charge in [0.15, 0.2) is 0 Å². The average Bonchev–Trinajstić information content (AvgIpc) is 2.84. The van der Waals surface area contributed by atoms with Crippen LogP contribution in [-0.2, 0) is 11.3 Å². The lowest BCUT2D eigenvalue weighted by atomic mass is 10.1. The van der Waals surface area contributed by atoms with Gasteiger partial charge in [0.05, 0.1) is 0 Å². The fourth-order valence-corrected chi connectivity index (χ4v) is 3.21. The first-order valence-corrected chi connectivity index (χ1v) is 6.39. The lowest BCUT2D eigenvalue weighted by molar-refractivity contribution is -0.118. The number of fused-ring (bicyclic) bond motifs is 1. The van der Waals surface area contributed by atoms with E-state index in [1.807, 2.05) is 24.3 Å². The van der Waals surface area contributed by atoms with Gasteiger partial charge in [-0.15, -0.1) is 0 Å². The van der Waals surface area contributed by atoms with Gasteiger partial charge in [-0.1, -0.05) is 18.6 Å². The second-order valence-corrected chi connectivity index (χ2v) is 5.18. The van der Waals surface area contributed by atoms with Crippen molar-refractivity contribution in [3.8, 4) is 0 Å². The minimum absolute atomic E-state index is 0.203. The van der Waals surface area contributed by atoms with Gasteiger partial charge in [-0.05, 0) is 42.4 Å². The number of benzene rings is 1. The van der Waals surface area contributed by atoms with Gasteiger partial charge >= 0.3 is 0 Å². The van der Waals surface area contributed by atoms with Crippen molar-refractivity contribution in [2.24, 2.45) is 23.5 Å². The minimum Gasteiger partial charge on any atom is -0.326 e. The molecular weight excluding hydrogens is 212 g/mol. The molecule has 0 spiro atoms. The number of carbonyl (C=O) groups excluding carboxylic acids is 1. The zero-order valence-electron chi connectivity index (χ0n) is 9.86. The monoisotopic (exact) mass is 230 g/mol. The second kappa shape index (κ2) is 4.15. The molecule has 2 aliphatic rings. The van der Waals surface area contributed by atoms with Crippen molar-refractivity contribution < 1.29 is 4.79 Å². The summed E-state index contributed by atoms with van der Waals surface area (Å²) in [6.45, 7) is 0.512. The molecule has 3 rings (SSSR count). The minimum atomic E-state index is 0.203. The smallest absolute Gasteiger partial charge is 0.228 e. The molecule has 0 saturated heterocycles. The van der Waals surface area contributed by atoms with Gasteiger partial charge in [-0.25, -0.2) is 0 Å². The van der Waals surface area contributed by atoms with Crippen LogP contribution in [0.2, 0.25) is 0 Å². The van der Waals surface area contributed by atoms with Gasteiger partial charge in [-0.3, -0.25) is 4.79 Å². The standard InChI is InChI=1S/C14H18N2O/c15-8-9-3-1-4-10(7-9)16-14(17)13-11-5-2-6-12(11)13/h1,3-4,7,11-13H,2,5-6,8,15H2,(H,16,17). The van der Waals surface area contributed by atoms with E-state index >= 15 is 0 Å². The lowest BCUT2D eigenvalue weighted by Gasteiger charge is -2.07. The van der Waals surface area contributed by atoms with Gasteiger partial charge in [0.1, 0.15) is 0 Å². The Kier molecular flexibility index (Phi) is 2.63. The summed E-state index contributed by atoms with van der Waals surface area (Å²) in [6, 6.07) is 7.79. The first-order chi connectivity index (χ1) is 8.29. The van der Waals surface area contributed by atoms with Crippen molar-refractivity contribution in [3.05, 3.63) is 29.8 Å². The van der Waals surface area contributed by atoms with Gasteiger partial charge < -0.3 is 11.1 Å². The number of nitrogens with one attached hydrogen (secondary N) is 1. The highest BCUT2D eigenvalue weighted by molar-refractivity contribution is 5.95. The summed E-state index contributed by atoms with van der Waals surface area (Å²) in [6.07, 6.45) is 3.79. The number of nitrogens with two attached hydrogens (primary N) is 1. The van der Waals surface area contributed by atoms with Crippen molar-refractivity contribution in [2.75, 3.05) is 5.32 Å². The van der Waals surface area contributed by atoms with E-state index in [9.17, 15) is 4.79 Å². The molecule has 0 radical (unpaired) electrons. The molecule has 2 unspecified atom stereocenters. The third-order valence-electron chi connectivity index (χ3n) is 4.14. The summed E-state index contributed by atoms with van der Waals surface area (Å²) in [5.74, 6) is 1.83. The summed E-state index contributed by atoms with van der Waals surface area (Å²) in [4.78, 5) is 12.0. The summed E-state index contributed by atoms with van der Waals surface area (Å²) < 4.78 is 0. The predicted octanol–water partition coefficient (Wildman–Crippen LogP) is 2.13. The van der Waals surface area contributed by atoms with E-state index in [0.29, 0.717) is 18.4 Å². The first-order valence-electron chi connectivity index (χ1n) is 6.39. The highest BCUT2D eigenvalue weighted by atomic mass is 16.2. The molecule has 2 aliphatic carbocycles. The van der Waals surface area contributed by atoms with Gasteiger partial charge in [0.2, 0.25) is 5.91 Å². The molecule has 1 amide bonds. The molecule has 0 aromatic heterocycles. The number of amides is 1. The normalized spacial score (nSPS) is 29.8. The first kappa shape index (κ1) is 10.8. The topological polar surface area (TPSA) is 55.1 Å². The molecule has 17 heavy (non-hydrogen) atoms. The van der Waals surface area contributed by atoms with Crippen LogP contribution in [0.1, 0.15) is 24.8 Å². The number of hydrogen-bond donors (Lipinski definition) is 2. The van der Waals surface area contributed by atoms with Crippen molar-refractivity contribution in [2.45, 2.75) is 25.8 Å². The number of rotatable bonds is 3. The van der Waals surface area contributed by atoms with E-state index in [1.54, 1.807) is 0 Å². The van der Waals surface area contributed by atoms with Crippen LogP contribution in [0.3, 0.4) is 0 Å². The maximum atomic E-state index is 12.0. The second-order valence-electron chi connectivity index (χ2n) is 5.18. The quantitative estimate of drug-likeness (QED) is 0.835. The van der Waals surface area contributed by atoms with Crippen LogP contribution in [0.25, 0.3) is 0 Å². The van der Waals surface area contributed by atoms with Crippen molar-refractivity contribution >= 4 is 11.6 Å². The Labute approximate surface area is 101 Å². The van der Waals surface area contributed by atoms with Gasteiger partial charge in [0.25, 0.3) is 0 Å². The SMILES string of the molecule is NCc1cccc(NC(=O)C2C3CCCC32)c1. The van der Waals surface area contributed by atoms with E-state index in [-0.39, 0.29) is 11.8 Å². The Morgan fingerprint density at radius 1 is 1.35 bits per heavy atom. The van der Waals surface area contributed by atoms with E-state index < -0.39 is 0 Å². The number of anilines is 1. The van der Waals surface area contributed by atoms with E-state index in [4.69, 9.17) is 5.73 Å². The Hall–Kier alpha value is -1.35. The molecule has 0 heterocycles. The molecule has 2 atom stereocenters. The molecule has 1 aromatic rings. The van der Waals surface area contributed by atoms with E-state index in [2.05, 4.69) is 5.32 Å². The zero-order valence-corrected chi connectivity index (χ0v) is 9.86. The fourth-order valence-electron chi connectivity index (χ4n) is 3.21. The van der Waals surface area contributed by atoms with Crippen LogP contribution in [0, 0.1) is 17.8 Å². The number of carbonyl (C=O) groups is 1. The molecule has 0 aliphatic heterocycles. The molecule has 3 nitrogen and oxygen atoms in total. The third kappa shape index (κ3) is 1.95. The Morgan fingerprint density at radius 3 is 2.82 bits per heavy atom. The summed E-state index contributed by atoms with van der Waals surface area (Å²) in [5, 5.41) is 3.01. The van der Waals surface area contributed by atoms with Gasteiger partial charge in [-0.2, -0.15) is 0 Å².